The van der Waals surface area contributed by atoms with Gasteiger partial charge < -0.3 is 4.74 Å². The largest absolute Gasteiger partial charge is 0.477 e. The molecule has 1 unspecified atom stereocenters. The van der Waals surface area contributed by atoms with E-state index in [1.165, 1.54) is 18.2 Å². The van der Waals surface area contributed by atoms with Crippen LogP contribution < -0.4 is 4.74 Å². The molecule has 0 saturated heterocycles. The summed E-state index contributed by atoms with van der Waals surface area (Å²) in [7, 11) is -4.85. The van der Waals surface area contributed by atoms with Crippen LogP contribution >= 0.6 is 15.9 Å². The highest BCUT2D eigenvalue weighted by Gasteiger charge is 2.56. The Morgan fingerprint density at radius 2 is 1.95 bits per heavy atom. The number of alkyl halides is 3. The standard InChI is InChI=1S/C10H10BrF3O4S/c1-9(10(12,13)14,6-19(15,16)17)18-8-4-2-3-7(11)5-8/h2-5H,6H2,1H3,(H,15,16,17). The van der Waals surface area contributed by atoms with Gasteiger partial charge in [0.15, 0.2) is 0 Å². The first-order chi connectivity index (χ1) is 8.43. The predicted octanol–water partition coefficient (Wildman–Crippen LogP) is 3.04. The lowest BCUT2D eigenvalue weighted by Gasteiger charge is -2.31. The SMILES string of the molecule is CC(CS(=O)(=O)O)(Oc1cccc(Br)c1)C(F)(F)F. The molecule has 0 saturated carbocycles. The maximum atomic E-state index is 12.9. The zero-order chi connectivity index (χ0) is 14.9. The summed E-state index contributed by atoms with van der Waals surface area (Å²) < 4.78 is 74.0. The van der Waals surface area contributed by atoms with E-state index in [-0.39, 0.29) is 5.75 Å². The Labute approximate surface area is 116 Å². The smallest absolute Gasteiger partial charge is 0.429 e. The zero-order valence-electron chi connectivity index (χ0n) is 9.61. The van der Waals surface area contributed by atoms with Gasteiger partial charge in [-0.05, 0) is 25.1 Å². The van der Waals surface area contributed by atoms with Crippen LogP contribution in [0.1, 0.15) is 6.92 Å². The van der Waals surface area contributed by atoms with Crippen molar-refractivity contribution < 1.29 is 30.9 Å². The van der Waals surface area contributed by atoms with Gasteiger partial charge in [-0.25, -0.2) is 0 Å². The monoisotopic (exact) mass is 362 g/mol. The molecule has 1 atom stereocenters. The molecule has 1 aromatic carbocycles. The summed E-state index contributed by atoms with van der Waals surface area (Å²) in [6, 6.07) is 5.51. The van der Waals surface area contributed by atoms with Crippen LogP contribution in [0.25, 0.3) is 0 Å². The van der Waals surface area contributed by atoms with Crippen molar-refractivity contribution in [3.05, 3.63) is 28.7 Å². The normalized spacial score (nSPS) is 15.9. The fourth-order valence-electron chi connectivity index (χ4n) is 1.31. The predicted molar refractivity (Wildman–Crippen MR) is 65.6 cm³/mol. The molecule has 0 bridgehead atoms. The summed E-state index contributed by atoms with van der Waals surface area (Å²) in [6.45, 7) is 0.557. The first-order valence-corrected chi connectivity index (χ1v) is 7.30. The molecule has 0 fully saturated rings. The maximum absolute atomic E-state index is 12.9. The van der Waals surface area contributed by atoms with Crippen LogP contribution in [0, 0.1) is 0 Å². The molecule has 1 N–H and O–H groups in total. The van der Waals surface area contributed by atoms with E-state index in [1.807, 2.05) is 0 Å². The van der Waals surface area contributed by atoms with Gasteiger partial charge in [-0.2, -0.15) is 21.6 Å². The zero-order valence-corrected chi connectivity index (χ0v) is 12.0. The molecule has 108 valence electrons. The highest BCUT2D eigenvalue weighted by atomic mass is 79.9. The average molecular weight is 363 g/mol. The average Bonchev–Trinajstić information content (AvgIpc) is 2.11. The Hall–Kier alpha value is -0.800. The van der Waals surface area contributed by atoms with Gasteiger partial charge in [0.05, 0.1) is 0 Å². The van der Waals surface area contributed by atoms with Gasteiger partial charge in [-0.15, -0.1) is 0 Å². The van der Waals surface area contributed by atoms with Crippen molar-refractivity contribution in [3.8, 4) is 5.75 Å². The number of ether oxygens (including phenoxy) is 1. The minimum atomic E-state index is -4.97. The van der Waals surface area contributed by atoms with Gasteiger partial charge in [-0.1, -0.05) is 22.0 Å². The molecule has 0 heterocycles. The molecule has 0 amide bonds. The quantitative estimate of drug-likeness (QED) is 0.836. The van der Waals surface area contributed by atoms with E-state index in [1.54, 1.807) is 6.07 Å². The van der Waals surface area contributed by atoms with Crippen LogP contribution in [0.15, 0.2) is 28.7 Å². The first kappa shape index (κ1) is 16.3. The number of rotatable bonds is 4. The van der Waals surface area contributed by atoms with Gasteiger partial charge in [0.25, 0.3) is 10.1 Å². The lowest BCUT2D eigenvalue weighted by molar-refractivity contribution is -0.233. The van der Waals surface area contributed by atoms with Gasteiger partial charge >= 0.3 is 6.18 Å². The van der Waals surface area contributed by atoms with Crippen LogP contribution in [0.4, 0.5) is 13.2 Å². The van der Waals surface area contributed by atoms with Crippen LogP contribution in [-0.4, -0.2) is 30.5 Å². The van der Waals surface area contributed by atoms with Crippen molar-refractivity contribution >= 4 is 26.0 Å². The number of benzene rings is 1. The fourth-order valence-corrected chi connectivity index (χ4v) is 2.60. The van der Waals surface area contributed by atoms with Crippen molar-refractivity contribution in [2.75, 3.05) is 5.75 Å². The van der Waals surface area contributed by atoms with Crippen LogP contribution in [0.2, 0.25) is 0 Å². The molecule has 0 radical (unpaired) electrons. The van der Waals surface area contributed by atoms with Gasteiger partial charge in [0.2, 0.25) is 5.60 Å². The summed E-state index contributed by atoms with van der Waals surface area (Å²) in [5.41, 5.74) is -3.04. The summed E-state index contributed by atoms with van der Waals surface area (Å²) in [4.78, 5) is 0. The van der Waals surface area contributed by atoms with Crippen molar-refractivity contribution in [1.82, 2.24) is 0 Å². The third kappa shape index (κ3) is 4.66. The molecular formula is C10H10BrF3O4S. The van der Waals surface area contributed by atoms with E-state index < -0.39 is 27.6 Å². The Morgan fingerprint density at radius 3 is 2.37 bits per heavy atom. The Balaban J connectivity index is 3.12. The number of halogens is 4. The minimum Gasteiger partial charge on any atom is -0.477 e. The lowest BCUT2D eigenvalue weighted by Crippen LogP contribution is -2.52. The summed E-state index contributed by atoms with van der Waals surface area (Å²) >= 11 is 3.05. The third-order valence-corrected chi connectivity index (χ3v) is 3.61. The van der Waals surface area contributed by atoms with Crippen molar-refractivity contribution in [2.24, 2.45) is 0 Å². The molecular weight excluding hydrogens is 353 g/mol. The summed E-state index contributed by atoms with van der Waals surface area (Å²) in [5.74, 6) is -1.76. The summed E-state index contributed by atoms with van der Waals surface area (Å²) in [5, 5.41) is 0. The Bertz CT molecular complexity index is 558. The fraction of sp³-hybridized carbons (Fsp3) is 0.400. The molecule has 0 aliphatic rings. The van der Waals surface area contributed by atoms with Crippen LogP contribution in [-0.2, 0) is 10.1 Å². The first-order valence-electron chi connectivity index (χ1n) is 4.89. The molecule has 1 rings (SSSR count). The van der Waals surface area contributed by atoms with Gasteiger partial charge in [-0.3, -0.25) is 4.55 Å². The van der Waals surface area contributed by atoms with Crippen molar-refractivity contribution in [2.45, 2.75) is 18.7 Å². The summed E-state index contributed by atoms with van der Waals surface area (Å²) in [6.07, 6.45) is -4.97. The molecule has 0 spiro atoms. The second kappa shape index (κ2) is 5.29. The van der Waals surface area contributed by atoms with Crippen LogP contribution in [0.5, 0.6) is 5.75 Å². The minimum absolute atomic E-state index is 0.169. The molecule has 0 aliphatic carbocycles. The number of hydrogen-bond donors (Lipinski definition) is 1. The van der Waals surface area contributed by atoms with Gasteiger partial charge in [0.1, 0.15) is 11.5 Å². The van der Waals surface area contributed by atoms with Gasteiger partial charge in [0, 0.05) is 4.47 Å². The van der Waals surface area contributed by atoms with E-state index in [9.17, 15) is 21.6 Å². The van der Waals surface area contributed by atoms with E-state index in [0.717, 1.165) is 0 Å². The van der Waals surface area contributed by atoms with E-state index >= 15 is 0 Å². The lowest BCUT2D eigenvalue weighted by atomic mass is 10.1. The van der Waals surface area contributed by atoms with Crippen molar-refractivity contribution in [1.29, 1.82) is 0 Å². The van der Waals surface area contributed by atoms with E-state index in [2.05, 4.69) is 15.9 Å². The van der Waals surface area contributed by atoms with Crippen molar-refractivity contribution in [3.63, 3.8) is 0 Å². The van der Waals surface area contributed by atoms with Crippen LogP contribution in [0.3, 0.4) is 0 Å². The second-order valence-electron chi connectivity index (χ2n) is 4.01. The molecule has 1 aromatic rings. The molecule has 9 heteroatoms. The van der Waals surface area contributed by atoms with E-state index in [0.29, 0.717) is 11.4 Å². The topological polar surface area (TPSA) is 63.6 Å². The molecule has 19 heavy (non-hydrogen) atoms. The number of hydrogen-bond acceptors (Lipinski definition) is 3. The maximum Gasteiger partial charge on any atom is 0.429 e. The Kier molecular flexibility index (Phi) is 4.53. The molecule has 4 nitrogen and oxygen atoms in total. The third-order valence-electron chi connectivity index (χ3n) is 2.20. The molecule has 0 aliphatic heterocycles. The second-order valence-corrected chi connectivity index (χ2v) is 6.38. The molecule has 0 aromatic heterocycles. The van der Waals surface area contributed by atoms with E-state index in [4.69, 9.17) is 9.29 Å². The highest BCUT2D eigenvalue weighted by molar-refractivity contribution is 9.10. The Morgan fingerprint density at radius 1 is 1.37 bits per heavy atom. The highest BCUT2D eigenvalue weighted by Crippen LogP contribution is 2.36.